The quantitative estimate of drug-likeness (QED) is 0.428. The van der Waals surface area contributed by atoms with E-state index in [2.05, 4.69) is 5.10 Å². The average molecular weight is 434 g/mol. The Morgan fingerprint density at radius 2 is 1.81 bits per heavy atom. The first-order valence-electron chi connectivity index (χ1n) is 10.8. The highest BCUT2D eigenvalue weighted by Crippen LogP contribution is 2.32. The highest BCUT2D eigenvalue weighted by molar-refractivity contribution is 5.95. The Labute approximate surface area is 187 Å². The molecule has 4 rings (SSSR count). The number of rotatable bonds is 6. The summed E-state index contributed by atoms with van der Waals surface area (Å²) in [4.78, 5) is 28.0. The molecule has 2 aromatic carbocycles. The Bertz CT molecular complexity index is 1150. The number of nitrogens with zero attached hydrogens (tertiary/aromatic N) is 5. The van der Waals surface area contributed by atoms with Crippen LogP contribution in [0.2, 0.25) is 0 Å². The van der Waals surface area contributed by atoms with Crippen molar-refractivity contribution in [3.8, 4) is 5.69 Å². The van der Waals surface area contributed by atoms with Crippen LogP contribution in [0.4, 0.5) is 11.4 Å². The van der Waals surface area contributed by atoms with Crippen molar-refractivity contribution in [2.75, 3.05) is 25.0 Å². The van der Waals surface area contributed by atoms with Gasteiger partial charge >= 0.3 is 0 Å². The number of aryl methyl sites for hydroxylation is 1. The van der Waals surface area contributed by atoms with Gasteiger partial charge in [-0.1, -0.05) is 18.2 Å². The molecule has 8 heteroatoms. The van der Waals surface area contributed by atoms with Gasteiger partial charge in [-0.15, -0.1) is 0 Å². The Morgan fingerprint density at radius 1 is 1.12 bits per heavy atom. The Kier molecular flexibility index (Phi) is 5.94. The van der Waals surface area contributed by atoms with Crippen molar-refractivity contribution in [1.82, 2.24) is 14.7 Å². The van der Waals surface area contributed by atoms with Crippen molar-refractivity contribution in [1.29, 1.82) is 0 Å². The van der Waals surface area contributed by atoms with Gasteiger partial charge in [0.1, 0.15) is 5.69 Å². The molecule has 0 unspecified atom stereocenters. The lowest BCUT2D eigenvalue weighted by molar-refractivity contribution is -0.384. The zero-order valence-corrected chi connectivity index (χ0v) is 18.6. The maximum absolute atomic E-state index is 13.1. The summed E-state index contributed by atoms with van der Waals surface area (Å²) < 4.78 is 1.87. The van der Waals surface area contributed by atoms with Gasteiger partial charge < -0.3 is 9.80 Å². The van der Waals surface area contributed by atoms with E-state index in [-0.39, 0.29) is 11.6 Å². The van der Waals surface area contributed by atoms with Crippen LogP contribution in [-0.2, 0) is 6.54 Å². The molecule has 1 fully saturated rings. The van der Waals surface area contributed by atoms with Crippen molar-refractivity contribution < 1.29 is 9.72 Å². The molecule has 1 aliphatic rings. The second kappa shape index (κ2) is 8.82. The number of para-hydroxylation sites is 1. The molecule has 0 saturated carbocycles. The van der Waals surface area contributed by atoms with E-state index in [1.165, 1.54) is 6.07 Å². The van der Waals surface area contributed by atoms with E-state index in [1.54, 1.807) is 24.1 Å². The summed E-state index contributed by atoms with van der Waals surface area (Å²) in [6.07, 6.45) is 2.05. The fourth-order valence-corrected chi connectivity index (χ4v) is 4.28. The summed E-state index contributed by atoms with van der Waals surface area (Å²) in [7, 11) is 1.71. The highest BCUT2D eigenvalue weighted by atomic mass is 16.6. The smallest absolute Gasteiger partial charge is 0.293 e. The molecule has 2 heterocycles. The molecule has 32 heavy (non-hydrogen) atoms. The predicted octanol–water partition coefficient (Wildman–Crippen LogP) is 4.27. The van der Waals surface area contributed by atoms with Gasteiger partial charge in [0.15, 0.2) is 0 Å². The van der Waals surface area contributed by atoms with E-state index < -0.39 is 4.92 Å². The van der Waals surface area contributed by atoms with Crippen LogP contribution in [0, 0.1) is 24.0 Å². The lowest BCUT2D eigenvalue weighted by Gasteiger charge is -2.20. The van der Waals surface area contributed by atoms with Crippen LogP contribution >= 0.6 is 0 Å². The SMILES string of the molecule is Cc1nn(-c2ccccc2)c(C)c1CN(C)C(=O)c1ccc(N2CCCC2)c([N+](=O)[O-])c1. The van der Waals surface area contributed by atoms with Crippen LogP contribution in [0.1, 0.15) is 40.2 Å². The fraction of sp³-hybridized carbons (Fsp3) is 0.333. The van der Waals surface area contributed by atoms with E-state index in [0.717, 1.165) is 48.6 Å². The summed E-state index contributed by atoms with van der Waals surface area (Å²) in [5, 5.41) is 16.3. The molecule has 0 aliphatic carbocycles. The van der Waals surface area contributed by atoms with Crippen molar-refractivity contribution in [3.63, 3.8) is 0 Å². The summed E-state index contributed by atoms with van der Waals surface area (Å²) in [6.45, 7) is 5.88. The van der Waals surface area contributed by atoms with Crippen LogP contribution in [0.25, 0.3) is 5.69 Å². The molecular weight excluding hydrogens is 406 g/mol. The van der Waals surface area contributed by atoms with Gasteiger partial charge in [0.2, 0.25) is 0 Å². The molecule has 1 aliphatic heterocycles. The molecular formula is C24H27N5O3. The Balaban J connectivity index is 1.58. The number of aromatic nitrogens is 2. The number of amides is 1. The molecule has 166 valence electrons. The predicted molar refractivity (Wildman–Crippen MR) is 123 cm³/mol. The minimum atomic E-state index is -0.400. The van der Waals surface area contributed by atoms with Gasteiger partial charge in [0.25, 0.3) is 11.6 Å². The van der Waals surface area contributed by atoms with Gasteiger partial charge in [-0.2, -0.15) is 5.10 Å². The monoisotopic (exact) mass is 433 g/mol. The summed E-state index contributed by atoms with van der Waals surface area (Å²) in [5.41, 5.74) is 4.62. The number of nitro benzene ring substituents is 1. The van der Waals surface area contributed by atoms with E-state index in [1.807, 2.05) is 53.8 Å². The summed E-state index contributed by atoms with van der Waals surface area (Å²) in [5.74, 6) is -0.257. The highest BCUT2D eigenvalue weighted by Gasteiger charge is 2.25. The molecule has 0 bridgehead atoms. The maximum Gasteiger partial charge on any atom is 0.293 e. The first-order chi connectivity index (χ1) is 15.4. The van der Waals surface area contributed by atoms with Crippen LogP contribution in [0.15, 0.2) is 48.5 Å². The largest absolute Gasteiger partial charge is 0.366 e. The van der Waals surface area contributed by atoms with E-state index in [9.17, 15) is 14.9 Å². The fourth-order valence-electron chi connectivity index (χ4n) is 4.28. The zero-order valence-electron chi connectivity index (χ0n) is 18.6. The number of carbonyl (C=O) groups excluding carboxylic acids is 1. The lowest BCUT2D eigenvalue weighted by Crippen LogP contribution is -2.27. The first-order valence-corrected chi connectivity index (χ1v) is 10.8. The van der Waals surface area contributed by atoms with Gasteiger partial charge in [-0.25, -0.2) is 4.68 Å². The van der Waals surface area contributed by atoms with Crippen LogP contribution < -0.4 is 4.90 Å². The molecule has 1 saturated heterocycles. The average Bonchev–Trinajstić information content (AvgIpc) is 3.43. The third kappa shape index (κ3) is 4.08. The summed E-state index contributed by atoms with van der Waals surface area (Å²) in [6, 6.07) is 14.6. The molecule has 1 amide bonds. The van der Waals surface area contributed by atoms with Crippen molar-refractivity contribution in [2.24, 2.45) is 0 Å². The van der Waals surface area contributed by atoms with Crippen LogP contribution in [-0.4, -0.2) is 45.6 Å². The number of hydrogen-bond donors (Lipinski definition) is 0. The molecule has 8 nitrogen and oxygen atoms in total. The minimum Gasteiger partial charge on any atom is -0.366 e. The Morgan fingerprint density at radius 3 is 2.47 bits per heavy atom. The van der Waals surface area contributed by atoms with E-state index in [4.69, 9.17) is 0 Å². The maximum atomic E-state index is 13.1. The third-order valence-corrected chi connectivity index (χ3v) is 6.05. The number of anilines is 1. The molecule has 1 aromatic heterocycles. The minimum absolute atomic E-state index is 0.0181. The third-order valence-electron chi connectivity index (χ3n) is 6.05. The zero-order chi connectivity index (χ0) is 22.8. The first kappa shape index (κ1) is 21.5. The van der Waals surface area contributed by atoms with Crippen LogP contribution in [0.3, 0.4) is 0 Å². The van der Waals surface area contributed by atoms with Gasteiger partial charge in [0, 0.05) is 49.6 Å². The number of nitro groups is 1. The van der Waals surface area contributed by atoms with Gasteiger partial charge in [-0.3, -0.25) is 14.9 Å². The number of carbonyl (C=O) groups is 1. The number of hydrogen-bond acceptors (Lipinski definition) is 5. The second-order valence-corrected chi connectivity index (χ2v) is 8.21. The Hall–Kier alpha value is -3.68. The van der Waals surface area contributed by atoms with E-state index >= 15 is 0 Å². The molecule has 0 N–H and O–H groups in total. The van der Waals surface area contributed by atoms with Crippen molar-refractivity contribution in [3.05, 3.63) is 81.2 Å². The van der Waals surface area contributed by atoms with Gasteiger partial charge in [0.05, 0.1) is 16.3 Å². The second-order valence-electron chi connectivity index (χ2n) is 8.21. The lowest BCUT2D eigenvalue weighted by atomic mass is 10.1. The van der Waals surface area contributed by atoms with E-state index in [0.29, 0.717) is 17.8 Å². The van der Waals surface area contributed by atoms with Gasteiger partial charge in [-0.05, 0) is 51.0 Å². The molecule has 0 spiro atoms. The normalized spacial score (nSPS) is 13.4. The molecule has 3 aromatic rings. The van der Waals surface area contributed by atoms with Crippen molar-refractivity contribution >= 4 is 17.3 Å². The molecule has 0 atom stereocenters. The molecule has 0 radical (unpaired) electrons. The number of benzene rings is 2. The van der Waals surface area contributed by atoms with Crippen LogP contribution in [0.5, 0.6) is 0 Å². The van der Waals surface area contributed by atoms with Crippen molar-refractivity contribution in [2.45, 2.75) is 33.2 Å². The standard InChI is InChI=1S/C24H27N5O3/c1-17-21(18(2)28(25-17)20-9-5-4-6-10-20)16-26(3)24(30)19-11-12-22(23(15-19)29(31)32)27-13-7-8-14-27/h4-6,9-12,15H,7-8,13-14,16H2,1-3H3. The summed E-state index contributed by atoms with van der Waals surface area (Å²) >= 11 is 0. The topological polar surface area (TPSA) is 84.5 Å².